The van der Waals surface area contributed by atoms with Crippen molar-refractivity contribution in [2.75, 3.05) is 60.0 Å². The Morgan fingerprint density at radius 2 is 1.78 bits per heavy atom. The molecule has 0 unspecified atom stereocenters. The van der Waals surface area contributed by atoms with Gasteiger partial charge in [-0.15, -0.1) is 0 Å². The molecule has 1 N–H and O–H groups in total. The fourth-order valence-corrected chi connectivity index (χ4v) is 4.74. The van der Waals surface area contributed by atoms with Crippen LogP contribution in [0.4, 0.5) is 0 Å². The maximum atomic E-state index is 12.9. The van der Waals surface area contributed by atoms with E-state index in [0.717, 1.165) is 45.4 Å². The molecule has 2 heterocycles. The minimum Gasteiger partial charge on any atom is -0.396 e. The summed E-state index contributed by atoms with van der Waals surface area (Å²) >= 11 is 0. The van der Waals surface area contributed by atoms with Crippen LogP contribution in [0.1, 0.15) is 30.7 Å². The van der Waals surface area contributed by atoms with Crippen molar-refractivity contribution in [3.63, 3.8) is 0 Å². The van der Waals surface area contributed by atoms with Crippen LogP contribution >= 0.6 is 0 Å². The lowest BCUT2D eigenvalue weighted by atomic mass is 9.88. The lowest BCUT2D eigenvalue weighted by Gasteiger charge is -2.40. The summed E-state index contributed by atoms with van der Waals surface area (Å²) in [7, 11) is 4.15. The highest BCUT2D eigenvalue weighted by Gasteiger charge is 2.31. The first-order chi connectivity index (χ1) is 13.0. The van der Waals surface area contributed by atoms with Crippen LogP contribution in [0.5, 0.6) is 0 Å². The second kappa shape index (κ2) is 9.67. The van der Waals surface area contributed by atoms with Gasteiger partial charge in [-0.1, -0.05) is 30.3 Å². The predicted octanol–water partition coefficient (Wildman–Crippen LogP) is 1.88. The Hall–Kier alpha value is -1.43. The van der Waals surface area contributed by atoms with E-state index in [1.165, 1.54) is 5.56 Å². The molecule has 1 amide bonds. The van der Waals surface area contributed by atoms with Crippen molar-refractivity contribution >= 4 is 5.91 Å². The van der Waals surface area contributed by atoms with Crippen LogP contribution in [0.3, 0.4) is 0 Å². The highest BCUT2D eigenvalue weighted by atomic mass is 16.3. The van der Waals surface area contributed by atoms with E-state index in [1.54, 1.807) is 0 Å². The molecule has 5 heteroatoms. The number of carbonyl (C=O) groups is 1. The Morgan fingerprint density at radius 3 is 2.41 bits per heavy atom. The van der Waals surface area contributed by atoms with Gasteiger partial charge in [0.25, 0.3) is 0 Å². The maximum Gasteiger partial charge on any atom is 0.236 e. The lowest BCUT2D eigenvalue weighted by Crippen LogP contribution is -2.50. The summed E-state index contributed by atoms with van der Waals surface area (Å²) in [6.07, 6.45) is 3.26. The molecule has 1 aromatic carbocycles. The van der Waals surface area contributed by atoms with Gasteiger partial charge in [-0.2, -0.15) is 0 Å². The van der Waals surface area contributed by atoms with Crippen molar-refractivity contribution in [2.24, 2.45) is 11.8 Å². The molecule has 0 saturated carbocycles. The van der Waals surface area contributed by atoms with E-state index in [9.17, 15) is 9.90 Å². The smallest absolute Gasteiger partial charge is 0.236 e. The number of aliphatic hydroxyl groups excluding tert-OH is 1. The first-order valence-electron chi connectivity index (χ1n) is 10.4. The molecular weight excluding hydrogens is 338 g/mol. The Labute approximate surface area is 163 Å². The average Bonchev–Trinajstić information content (AvgIpc) is 2.68. The van der Waals surface area contributed by atoms with Crippen LogP contribution in [0.25, 0.3) is 0 Å². The van der Waals surface area contributed by atoms with Crippen LogP contribution < -0.4 is 0 Å². The van der Waals surface area contributed by atoms with Gasteiger partial charge in [0.05, 0.1) is 6.54 Å². The van der Waals surface area contributed by atoms with Crippen LogP contribution in [-0.4, -0.2) is 85.7 Å². The quantitative estimate of drug-likeness (QED) is 0.827. The molecule has 2 fully saturated rings. The highest BCUT2D eigenvalue weighted by Crippen LogP contribution is 2.28. The number of aliphatic hydroxyl groups is 1. The van der Waals surface area contributed by atoms with Crippen molar-refractivity contribution in [3.8, 4) is 0 Å². The minimum atomic E-state index is 0.177. The third-order valence-electron chi connectivity index (χ3n) is 6.08. The lowest BCUT2D eigenvalue weighted by molar-refractivity contribution is -0.136. The summed E-state index contributed by atoms with van der Waals surface area (Å²) in [5, 5.41) is 9.64. The molecule has 0 aromatic heterocycles. The van der Waals surface area contributed by atoms with Gasteiger partial charge in [-0.25, -0.2) is 0 Å². The normalized spacial score (nSPS) is 25.1. The van der Waals surface area contributed by atoms with Crippen LogP contribution in [0, 0.1) is 11.8 Å². The van der Waals surface area contributed by atoms with Gasteiger partial charge in [-0.3, -0.25) is 9.69 Å². The maximum absolute atomic E-state index is 12.9. The Morgan fingerprint density at radius 1 is 1.11 bits per heavy atom. The van der Waals surface area contributed by atoms with E-state index in [1.807, 2.05) is 4.90 Å². The molecule has 5 nitrogen and oxygen atoms in total. The van der Waals surface area contributed by atoms with E-state index < -0.39 is 0 Å². The van der Waals surface area contributed by atoms with Crippen molar-refractivity contribution < 1.29 is 9.90 Å². The molecule has 150 valence electrons. The Kier molecular flexibility index (Phi) is 7.27. The van der Waals surface area contributed by atoms with Gasteiger partial charge in [0.2, 0.25) is 5.91 Å². The number of carbonyl (C=O) groups excluding carboxylic acids is 1. The van der Waals surface area contributed by atoms with Crippen LogP contribution in [-0.2, 0) is 4.79 Å². The zero-order valence-electron chi connectivity index (χ0n) is 16.9. The number of piperidine rings is 2. The molecular formula is C22H35N3O2. The summed E-state index contributed by atoms with van der Waals surface area (Å²) in [6.45, 7) is 5.19. The topological polar surface area (TPSA) is 47.0 Å². The first kappa shape index (κ1) is 20.3. The van der Waals surface area contributed by atoms with E-state index in [0.29, 0.717) is 24.9 Å². The predicted molar refractivity (Wildman–Crippen MR) is 109 cm³/mol. The molecule has 2 aliphatic heterocycles. The number of nitrogens with zero attached hydrogens (tertiary/aromatic N) is 3. The number of benzene rings is 1. The summed E-state index contributed by atoms with van der Waals surface area (Å²) in [5.74, 6) is 1.53. The number of rotatable bonds is 6. The summed E-state index contributed by atoms with van der Waals surface area (Å²) in [5.41, 5.74) is 1.43. The average molecular weight is 374 g/mol. The Bertz CT molecular complexity index is 584. The van der Waals surface area contributed by atoms with Crippen LogP contribution in [0.15, 0.2) is 30.3 Å². The minimum absolute atomic E-state index is 0.177. The van der Waals surface area contributed by atoms with Crippen molar-refractivity contribution in [1.82, 2.24) is 14.7 Å². The molecule has 0 aliphatic carbocycles. The zero-order valence-corrected chi connectivity index (χ0v) is 16.9. The van der Waals surface area contributed by atoms with Gasteiger partial charge in [0.15, 0.2) is 0 Å². The number of hydrogen-bond donors (Lipinski definition) is 1. The molecule has 2 saturated heterocycles. The van der Waals surface area contributed by atoms with E-state index >= 15 is 0 Å². The van der Waals surface area contributed by atoms with Gasteiger partial charge >= 0.3 is 0 Å². The van der Waals surface area contributed by atoms with Gasteiger partial charge in [-0.05, 0) is 69.8 Å². The summed E-state index contributed by atoms with van der Waals surface area (Å²) in [4.78, 5) is 19.4. The summed E-state index contributed by atoms with van der Waals surface area (Å²) < 4.78 is 0. The van der Waals surface area contributed by atoms with Crippen molar-refractivity contribution in [3.05, 3.63) is 35.9 Å². The third kappa shape index (κ3) is 5.77. The summed E-state index contributed by atoms with van der Waals surface area (Å²) in [6, 6.07) is 10.7. The molecule has 0 bridgehead atoms. The van der Waals surface area contributed by atoms with Crippen molar-refractivity contribution in [2.45, 2.75) is 25.2 Å². The van der Waals surface area contributed by atoms with Crippen LogP contribution in [0.2, 0.25) is 0 Å². The number of likely N-dealkylation sites (tertiary alicyclic amines) is 2. The van der Waals surface area contributed by atoms with Gasteiger partial charge in [0, 0.05) is 26.2 Å². The molecule has 0 spiro atoms. The largest absolute Gasteiger partial charge is 0.396 e. The second-order valence-electron chi connectivity index (χ2n) is 8.67. The third-order valence-corrected chi connectivity index (χ3v) is 6.08. The second-order valence-corrected chi connectivity index (χ2v) is 8.67. The Balaban J connectivity index is 1.49. The van der Waals surface area contributed by atoms with Gasteiger partial charge in [0.1, 0.15) is 0 Å². The molecule has 1 aromatic rings. The van der Waals surface area contributed by atoms with Crippen molar-refractivity contribution in [1.29, 1.82) is 0 Å². The molecule has 2 atom stereocenters. The molecule has 3 rings (SSSR count). The molecule has 2 aliphatic rings. The fourth-order valence-electron chi connectivity index (χ4n) is 4.74. The zero-order chi connectivity index (χ0) is 19.2. The highest BCUT2D eigenvalue weighted by molar-refractivity contribution is 5.78. The first-order valence-corrected chi connectivity index (χ1v) is 10.4. The molecule has 27 heavy (non-hydrogen) atoms. The van der Waals surface area contributed by atoms with E-state index in [2.05, 4.69) is 54.2 Å². The van der Waals surface area contributed by atoms with E-state index in [-0.39, 0.29) is 18.4 Å². The van der Waals surface area contributed by atoms with Gasteiger partial charge < -0.3 is 14.9 Å². The number of amides is 1. The SMILES string of the molecule is CN(C)C[C@H]1C[C@@H](CO)CN(C(=O)CN2CCC(c3ccccc3)CC2)C1. The molecule has 0 radical (unpaired) electrons. The van der Waals surface area contributed by atoms with E-state index in [4.69, 9.17) is 0 Å². The standard InChI is InChI=1S/C22H35N3O2/c1-23(2)13-18-12-19(17-26)15-25(14-18)22(27)16-24-10-8-21(9-11-24)20-6-4-3-5-7-20/h3-7,18-19,21,26H,8-17H2,1-2H3/t18-,19-/m1/s1. The number of hydrogen-bond acceptors (Lipinski definition) is 4. The monoisotopic (exact) mass is 373 g/mol. The fraction of sp³-hybridized carbons (Fsp3) is 0.682.